The van der Waals surface area contributed by atoms with E-state index in [2.05, 4.69) is 20.7 Å². The van der Waals surface area contributed by atoms with Crippen molar-refractivity contribution in [2.24, 2.45) is 0 Å². The molecule has 0 aliphatic rings. The van der Waals surface area contributed by atoms with E-state index in [1.165, 1.54) is 0 Å². The number of hydrogen-bond donors (Lipinski definition) is 2. The molecule has 0 bridgehead atoms. The minimum absolute atomic E-state index is 0.130. The van der Waals surface area contributed by atoms with Crippen LogP contribution in [0.1, 0.15) is 17.5 Å². The minimum atomic E-state index is -0.130. The molecule has 0 aliphatic heterocycles. The van der Waals surface area contributed by atoms with Gasteiger partial charge in [0.05, 0.1) is 6.20 Å². The van der Waals surface area contributed by atoms with E-state index in [9.17, 15) is 0 Å². The lowest BCUT2D eigenvalue weighted by Crippen LogP contribution is -2.17. The third-order valence-electron chi connectivity index (χ3n) is 2.80. The minimum Gasteiger partial charge on any atom is -0.459 e. The fourth-order valence-electron chi connectivity index (χ4n) is 1.96. The Labute approximate surface area is 108 Å². The summed E-state index contributed by atoms with van der Waals surface area (Å²) in [5, 5.41) is 15.3. The maximum absolute atomic E-state index is 5.96. The van der Waals surface area contributed by atoms with Crippen molar-refractivity contribution < 1.29 is 4.42 Å². The van der Waals surface area contributed by atoms with Crippen molar-refractivity contribution in [1.29, 1.82) is 0 Å². The molecule has 0 amide bonds. The SMILES string of the molecule is CNC(c1cn[nH]n1)c1cc2cc(Cl)ccc2o1. The average molecular weight is 263 g/mol. The average Bonchev–Trinajstić information content (AvgIpc) is 2.98. The van der Waals surface area contributed by atoms with Gasteiger partial charge in [0.1, 0.15) is 23.1 Å². The Morgan fingerprint density at radius 1 is 1.39 bits per heavy atom. The molecule has 0 saturated heterocycles. The lowest BCUT2D eigenvalue weighted by atomic mass is 10.1. The van der Waals surface area contributed by atoms with E-state index in [4.69, 9.17) is 16.0 Å². The molecule has 92 valence electrons. The predicted octanol–water partition coefficient (Wildman–Crippen LogP) is 2.51. The highest BCUT2D eigenvalue weighted by atomic mass is 35.5. The molecule has 0 radical (unpaired) electrons. The molecule has 0 spiro atoms. The van der Waals surface area contributed by atoms with Crippen molar-refractivity contribution in [3.05, 3.63) is 46.9 Å². The number of halogens is 1. The lowest BCUT2D eigenvalue weighted by Gasteiger charge is -2.08. The van der Waals surface area contributed by atoms with Gasteiger partial charge in [0, 0.05) is 10.4 Å². The first-order valence-electron chi connectivity index (χ1n) is 5.50. The fourth-order valence-corrected chi connectivity index (χ4v) is 2.14. The number of fused-ring (bicyclic) bond motifs is 1. The zero-order valence-electron chi connectivity index (χ0n) is 9.64. The molecule has 5 nitrogen and oxygen atoms in total. The zero-order chi connectivity index (χ0) is 12.5. The highest BCUT2D eigenvalue weighted by Crippen LogP contribution is 2.28. The van der Waals surface area contributed by atoms with Gasteiger partial charge in [0.2, 0.25) is 0 Å². The number of nitrogens with zero attached hydrogens (tertiary/aromatic N) is 2. The lowest BCUT2D eigenvalue weighted by molar-refractivity contribution is 0.485. The van der Waals surface area contributed by atoms with E-state index >= 15 is 0 Å². The van der Waals surface area contributed by atoms with Crippen LogP contribution in [0.2, 0.25) is 5.02 Å². The van der Waals surface area contributed by atoms with Crippen molar-refractivity contribution in [3.63, 3.8) is 0 Å². The maximum atomic E-state index is 5.96. The zero-order valence-corrected chi connectivity index (χ0v) is 10.4. The standard InChI is InChI=1S/C12H11ClN4O/c1-14-12(9-6-15-17-16-9)11-5-7-4-8(13)2-3-10(7)18-11/h2-6,12,14H,1H3,(H,15,16,17). The molecular formula is C12H11ClN4O. The monoisotopic (exact) mass is 262 g/mol. The van der Waals surface area contributed by atoms with E-state index in [1.54, 1.807) is 6.20 Å². The summed E-state index contributed by atoms with van der Waals surface area (Å²) in [5.41, 5.74) is 1.58. The number of aromatic amines is 1. The van der Waals surface area contributed by atoms with Crippen LogP contribution in [-0.2, 0) is 0 Å². The molecule has 0 fully saturated rings. The third-order valence-corrected chi connectivity index (χ3v) is 3.04. The molecule has 3 rings (SSSR count). The molecule has 0 saturated carbocycles. The quantitative estimate of drug-likeness (QED) is 0.761. The Balaban J connectivity index is 2.07. The van der Waals surface area contributed by atoms with Gasteiger partial charge in [-0.2, -0.15) is 15.4 Å². The molecule has 1 atom stereocenters. The van der Waals surface area contributed by atoms with Crippen LogP contribution in [0.3, 0.4) is 0 Å². The van der Waals surface area contributed by atoms with Gasteiger partial charge in [-0.15, -0.1) is 0 Å². The topological polar surface area (TPSA) is 66.7 Å². The van der Waals surface area contributed by atoms with Crippen molar-refractivity contribution in [2.75, 3.05) is 7.05 Å². The van der Waals surface area contributed by atoms with Gasteiger partial charge in [-0.05, 0) is 31.3 Å². The summed E-state index contributed by atoms with van der Waals surface area (Å²) >= 11 is 5.96. The Kier molecular flexibility index (Phi) is 2.77. The molecule has 0 aliphatic carbocycles. The molecule has 6 heteroatoms. The molecule has 2 N–H and O–H groups in total. The largest absolute Gasteiger partial charge is 0.459 e. The van der Waals surface area contributed by atoms with E-state index in [0.717, 1.165) is 22.4 Å². The number of nitrogens with one attached hydrogen (secondary N) is 2. The van der Waals surface area contributed by atoms with Crippen LogP contribution in [0.15, 0.2) is 34.9 Å². The van der Waals surface area contributed by atoms with Crippen LogP contribution in [-0.4, -0.2) is 22.5 Å². The van der Waals surface area contributed by atoms with Crippen LogP contribution >= 0.6 is 11.6 Å². The van der Waals surface area contributed by atoms with Crippen LogP contribution in [0, 0.1) is 0 Å². The Bertz CT molecular complexity index is 662. The second-order valence-corrected chi connectivity index (χ2v) is 4.38. The summed E-state index contributed by atoms with van der Waals surface area (Å²) in [6.45, 7) is 0. The number of rotatable bonds is 3. The highest BCUT2D eigenvalue weighted by molar-refractivity contribution is 6.31. The van der Waals surface area contributed by atoms with Gasteiger partial charge in [0.15, 0.2) is 0 Å². The summed E-state index contributed by atoms with van der Waals surface area (Å²) in [6.07, 6.45) is 1.67. The smallest absolute Gasteiger partial charge is 0.134 e. The molecule has 1 aromatic carbocycles. The summed E-state index contributed by atoms with van der Waals surface area (Å²) < 4.78 is 5.80. The number of hydrogen-bond acceptors (Lipinski definition) is 4. The number of aromatic nitrogens is 3. The Morgan fingerprint density at radius 2 is 2.28 bits per heavy atom. The van der Waals surface area contributed by atoms with E-state index in [0.29, 0.717) is 5.02 Å². The molecule has 2 heterocycles. The molecular weight excluding hydrogens is 252 g/mol. The van der Waals surface area contributed by atoms with Crippen LogP contribution in [0.4, 0.5) is 0 Å². The normalized spacial score (nSPS) is 13.0. The number of furan rings is 1. The second-order valence-electron chi connectivity index (χ2n) is 3.95. The van der Waals surface area contributed by atoms with Crippen molar-refractivity contribution in [1.82, 2.24) is 20.7 Å². The van der Waals surface area contributed by atoms with Crippen LogP contribution in [0.5, 0.6) is 0 Å². The molecule has 1 unspecified atom stereocenters. The van der Waals surface area contributed by atoms with Gasteiger partial charge >= 0.3 is 0 Å². The Morgan fingerprint density at radius 3 is 3.00 bits per heavy atom. The van der Waals surface area contributed by atoms with E-state index < -0.39 is 0 Å². The van der Waals surface area contributed by atoms with Gasteiger partial charge in [-0.1, -0.05) is 11.6 Å². The summed E-state index contributed by atoms with van der Waals surface area (Å²) in [7, 11) is 1.85. The van der Waals surface area contributed by atoms with Crippen LogP contribution in [0.25, 0.3) is 11.0 Å². The van der Waals surface area contributed by atoms with Gasteiger partial charge in [-0.25, -0.2) is 0 Å². The second kappa shape index (κ2) is 4.44. The van der Waals surface area contributed by atoms with Crippen LogP contribution < -0.4 is 5.32 Å². The van der Waals surface area contributed by atoms with Crippen molar-refractivity contribution in [3.8, 4) is 0 Å². The van der Waals surface area contributed by atoms with Gasteiger partial charge in [0.25, 0.3) is 0 Å². The van der Waals surface area contributed by atoms with E-state index in [-0.39, 0.29) is 6.04 Å². The first-order chi connectivity index (χ1) is 8.78. The molecule has 18 heavy (non-hydrogen) atoms. The van der Waals surface area contributed by atoms with Crippen molar-refractivity contribution in [2.45, 2.75) is 6.04 Å². The third kappa shape index (κ3) is 1.87. The highest BCUT2D eigenvalue weighted by Gasteiger charge is 2.19. The van der Waals surface area contributed by atoms with Crippen molar-refractivity contribution >= 4 is 22.6 Å². The summed E-state index contributed by atoms with van der Waals surface area (Å²) in [6, 6.07) is 7.37. The summed E-state index contributed by atoms with van der Waals surface area (Å²) in [5.74, 6) is 0.781. The fraction of sp³-hybridized carbons (Fsp3) is 0.167. The first-order valence-corrected chi connectivity index (χ1v) is 5.87. The molecule has 2 aromatic heterocycles. The number of benzene rings is 1. The number of H-pyrrole nitrogens is 1. The first kappa shape index (κ1) is 11.3. The van der Waals surface area contributed by atoms with Gasteiger partial charge < -0.3 is 9.73 Å². The van der Waals surface area contributed by atoms with E-state index in [1.807, 2.05) is 31.3 Å². The van der Waals surface area contributed by atoms with Gasteiger partial charge in [-0.3, -0.25) is 0 Å². The maximum Gasteiger partial charge on any atom is 0.134 e. The summed E-state index contributed by atoms with van der Waals surface area (Å²) in [4.78, 5) is 0. The Hall–Kier alpha value is -1.85. The molecule has 3 aromatic rings. The predicted molar refractivity (Wildman–Crippen MR) is 68.5 cm³/mol.